The Hall–Kier alpha value is -3.14. The van der Waals surface area contributed by atoms with Crippen molar-refractivity contribution >= 4 is 23.6 Å². The molecule has 0 aliphatic rings. The van der Waals surface area contributed by atoms with E-state index in [4.69, 9.17) is 5.84 Å². The van der Waals surface area contributed by atoms with Gasteiger partial charge in [0.1, 0.15) is 11.5 Å². The maximum absolute atomic E-state index is 13.0. The van der Waals surface area contributed by atoms with Gasteiger partial charge in [0.2, 0.25) is 11.1 Å². The summed E-state index contributed by atoms with van der Waals surface area (Å²) in [4.78, 5) is 23.9. The van der Waals surface area contributed by atoms with Gasteiger partial charge in [-0.25, -0.2) is 9.07 Å². The van der Waals surface area contributed by atoms with Gasteiger partial charge in [-0.15, -0.1) is 10.2 Å². The van der Waals surface area contributed by atoms with Crippen LogP contribution in [0.5, 0.6) is 0 Å². The Labute approximate surface area is 152 Å². The number of benzene rings is 1. The van der Waals surface area contributed by atoms with Crippen molar-refractivity contribution in [3.8, 4) is 11.4 Å². The average molecular weight is 374 g/mol. The number of nitrogens with one attached hydrogen (secondary N) is 1. The molecule has 8 nitrogen and oxygen atoms in total. The van der Waals surface area contributed by atoms with Crippen LogP contribution < -0.4 is 11.2 Å². The number of nitrogens with zero attached hydrogens (tertiary/aromatic N) is 4. The number of aryl methyl sites for hydroxylation is 1. The van der Waals surface area contributed by atoms with Crippen LogP contribution in [0.25, 0.3) is 11.4 Å². The zero-order chi connectivity index (χ0) is 18.7. The Morgan fingerprint density at radius 2 is 1.96 bits per heavy atom. The fourth-order valence-electron chi connectivity index (χ4n) is 2.23. The summed E-state index contributed by atoms with van der Waals surface area (Å²) in [7, 11) is 1.71. The van der Waals surface area contributed by atoms with Gasteiger partial charge in [0.05, 0.1) is 5.75 Å². The molecule has 0 aliphatic carbocycles. The van der Waals surface area contributed by atoms with Crippen molar-refractivity contribution in [1.29, 1.82) is 0 Å². The molecule has 0 unspecified atom stereocenters. The van der Waals surface area contributed by atoms with Gasteiger partial charge in [-0.3, -0.25) is 14.9 Å². The molecule has 3 rings (SSSR count). The second-order valence-electron chi connectivity index (χ2n) is 5.35. The number of thioether (sulfide) groups is 1. The third kappa shape index (κ3) is 3.75. The topological polar surface area (TPSA) is 108 Å². The molecule has 0 radical (unpaired) electrons. The van der Waals surface area contributed by atoms with Gasteiger partial charge in [-0.1, -0.05) is 11.8 Å². The van der Waals surface area contributed by atoms with Crippen LogP contribution in [0.2, 0.25) is 0 Å². The largest absolute Gasteiger partial charge is 0.347 e. The maximum atomic E-state index is 13.0. The molecule has 3 aromatic rings. The SMILES string of the molecule is Cn1cccc1C(=O)NC(=O)CSc1nnc(-c2ccc(F)cc2)n1N. The molecule has 2 heterocycles. The fourth-order valence-corrected chi connectivity index (χ4v) is 2.88. The number of imide groups is 1. The van der Waals surface area contributed by atoms with Gasteiger partial charge >= 0.3 is 0 Å². The van der Waals surface area contributed by atoms with Crippen molar-refractivity contribution < 1.29 is 14.0 Å². The summed E-state index contributed by atoms with van der Waals surface area (Å²) in [6.45, 7) is 0. The number of aromatic nitrogens is 4. The third-order valence-electron chi connectivity index (χ3n) is 3.53. The Bertz CT molecular complexity index is 950. The van der Waals surface area contributed by atoms with E-state index in [-0.39, 0.29) is 11.6 Å². The summed E-state index contributed by atoms with van der Waals surface area (Å²) in [5, 5.41) is 10.5. The smallest absolute Gasteiger partial charge is 0.274 e. The maximum Gasteiger partial charge on any atom is 0.274 e. The molecule has 134 valence electrons. The molecular formula is C16H15FN6O2S. The van der Waals surface area contributed by atoms with Crippen LogP contribution in [0, 0.1) is 5.82 Å². The Morgan fingerprint density at radius 1 is 1.23 bits per heavy atom. The first kappa shape index (κ1) is 17.7. The van der Waals surface area contributed by atoms with Crippen LogP contribution in [0.4, 0.5) is 4.39 Å². The van der Waals surface area contributed by atoms with E-state index in [1.807, 2.05) is 0 Å². The van der Waals surface area contributed by atoms with Crippen molar-refractivity contribution in [1.82, 2.24) is 24.8 Å². The summed E-state index contributed by atoms with van der Waals surface area (Å²) in [5.41, 5.74) is 0.973. The molecule has 1 aromatic carbocycles. The summed E-state index contributed by atoms with van der Waals surface area (Å²) >= 11 is 1.04. The van der Waals surface area contributed by atoms with Gasteiger partial charge in [0.25, 0.3) is 5.91 Å². The molecule has 0 bridgehead atoms. The van der Waals surface area contributed by atoms with Crippen molar-refractivity contribution in [3.05, 3.63) is 54.1 Å². The minimum atomic E-state index is -0.482. The third-order valence-corrected chi connectivity index (χ3v) is 4.47. The molecule has 0 saturated carbocycles. The van der Waals surface area contributed by atoms with E-state index in [1.54, 1.807) is 29.9 Å². The highest BCUT2D eigenvalue weighted by molar-refractivity contribution is 7.99. The van der Waals surface area contributed by atoms with E-state index < -0.39 is 11.8 Å². The van der Waals surface area contributed by atoms with Crippen LogP contribution >= 0.6 is 11.8 Å². The van der Waals surface area contributed by atoms with Crippen LogP contribution in [0.1, 0.15) is 10.5 Å². The van der Waals surface area contributed by atoms with Crippen molar-refractivity contribution in [3.63, 3.8) is 0 Å². The lowest BCUT2D eigenvalue weighted by Gasteiger charge is -2.05. The molecule has 3 N–H and O–H groups in total. The minimum absolute atomic E-state index is 0.0606. The lowest BCUT2D eigenvalue weighted by Crippen LogP contribution is -2.33. The number of rotatable bonds is 5. The molecule has 2 aromatic heterocycles. The minimum Gasteiger partial charge on any atom is -0.347 e. The molecule has 0 saturated heterocycles. The van der Waals surface area contributed by atoms with E-state index in [0.717, 1.165) is 11.8 Å². The van der Waals surface area contributed by atoms with E-state index >= 15 is 0 Å². The average Bonchev–Trinajstić information content (AvgIpc) is 3.20. The van der Waals surface area contributed by atoms with E-state index in [9.17, 15) is 14.0 Å². The highest BCUT2D eigenvalue weighted by Gasteiger charge is 2.16. The quantitative estimate of drug-likeness (QED) is 0.513. The first-order chi connectivity index (χ1) is 12.5. The number of nitrogen functional groups attached to an aromatic ring is 1. The summed E-state index contributed by atoms with van der Waals surface area (Å²) in [6, 6.07) is 8.97. The van der Waals surface area contributed by atoms with Gasteiger partial charge in [0, 0.05) is 18.8 Å². The highest BCUT2D eigenvalue weighted by atomic mass is 32.2. The summed E-state index contributed by atoms with van der Waals surface area (Å²) in [5.74, 6) is 4.88. The predicted octanol–water partition coefficient (Wildman–Crippen LogP) is 1.19. The zero-order valence-corrected chi connectivity index (χ0v) is 14.5. The van der Waals surface area contributed by atoms with Crippen molar-refractivity contribution in [2.45, 2.75) is 5.16 Å². The lowest BCUT2D eigenvalue weighted by atomic mass is 10.2. The fraction of sp³-hybridized carbons (Fsp3) is 0.125. The number of carbonyl (C=O) groups excluding carboxylic acids is 2. The first-order valence-corrected chi connectivity index (χ1v) is 8.49. The molecule has 0 spiro atoms. The van der Waals surface area contributed by atoms with Crippen LogP contribution in [0.15, 0.2) is 47.8 Å². The standard InChI is InChI=1S/C16H15FN6O2S/c1-22-8-2-3-12(22)15(25)19-13(24)9-26-16-21-20-14(23(16)18)10-4-6-11(17)7-5-10/h2-8H,9,18H2,1H3,(H,19,24,25). The Kier molecular flexibility index (Phi) is 5.03. The van der Waals surface area contributed by atoms with Crippen LogP contribution in [-0.4, -0.2) is 37.0 Å². The summed E-state index contributed by atoms with van der Waals surface area (Å²) in [6.07, 6.45) is 1.71. The number of hydrogen-bond acceptors (Lipinski definition) is 6. The number of carbonyl (C=O) groups is 2. The lowest BCUT2D eigenvalue weighted by molar-refractivity contribution is -0.117. The summed E-state index contributed by atoms with van der Waals surface area (Å²) < 4.78 is 15.8. The molecule has 2 amide bonds. The van der Waals surface area contributed by atoms with E-state index in [2.05, 4.69) is 15.5 Å². The van der Waals surface area contributed by atoms with Crippen molar-refractivity contribution in [2.75, 3.05) is 11.6 Å². The molecular weight excluding hydrogens is 359 g/mol. The van der Waals surface area contributed by atoms with Gasteiger partial charge < -0.3 is 10.4 Å². The van der Waals surface area contributed by atoms with Crippen LogP contribution in [0.3, 0.4) is 0 Å². The predicted molar refractivity (Wildman–Crippen MR) is 94.2 cm³/mol. The Morgan fingerprint density at radius 3 is 2.62 bits per heavy atom. The van der Waals surface area contributed by atoms with E-state index in [0.29, 0.717) is 22.2 Å². The molecule has 26 heavy (non-hydrogen) atoms. The molecule has 10 heteroatoms. The normalized spacial score (nSPS) is 10.7. The second kappa shape index (κ2) is 7.40. The number of nitrogens with two attached hydrogens (primary N) is 1. The van der Waals surface area contributed by atoms with Gasteiger partial charge in [-0.05, 0) is 36.4 Å². The number of hydrogen-bond donors (Lipinski definition) is 2. The Balaban J connectivity index is 1.61. The second-order valence-corrected chi connectivity index (χ2v) is 6.30. The number of halogens is 1. The van der Waals surface area contributed by atoms with Crippen LogP contribution in [-0.2, 0) is 11.8 Å². The monoisotopic (exact) mass is 374 g/mol. The zero-order valence-electron chi connectivity index (χ0n) is 13.7. The van der Waals surface area contributed by atoms with E-state index in [1.165, 1.54) is 28.9 Å². The first-order valence-electron chi connectivity index (χ1n) is 7.50. The molecule has 0 fully saturated rings. The number of amides is 2. The molecule has 0 atom stereocenters. The van der Waals surface area contributed by atoms with Gasteiger partial charge in [-0.2, -0.15) is 0 Å². The van der Waals surface area contributed by atoms with Gasteiger partial charge in [0.15, 0.2) is 5.82 Å². The molecule has 0 aliphatic heterocycles. The van der Waals surface area contributed by atoms with Crippen molar-refractivity contribution in [2.24, 2.45) is 7.05 Å². The highest BCUT2D eigenvalue weighted by Crippen LogP contribution is 2.21.